The molecule has 2 aromatic carbocycles. The van der Waals surface area contributed by atoms with Gasteiger partial charge >= 0.3 is 0 Å². The number of carboxylic acids is 1. The lowest BCUT2D eigenvalue weighted by molar-refractivity contribution is -0.494. The normalized spacial score (nSPS) is 12.2. The van der Waals surface area contributed by atoms with Gasteiger partial charge in [0.2, 0.25) is 5.78 Å². The van der Waals surface area contributed by atoms with Gasteiger partial charge in [0.1, 0.15) is 19.8 Å². The smallest absolute Gasteiger partial charge is 0.209 e. The Labute approximate surface area is 222 Å². The molecule has 9 heteroatoms. The Morgan fingerprint density at radius 1 is 1.03 bits per heavy atom. The summed E-state index contributed by atoms with van der Waals surface area (Å²) >= 11 is 0. The molecular weight excluding hydrogens is 488 g/mol. The molecule has 204 valence electrons. The molecule has 0 spiro atoms. The molecule has 0 fully saturated rings. The van der Waals surface area contributed by atoms with Crippen LogP contribution in [0.2, 0.25) is 0 Å². The number of rotatable bonds is 12. The topological polar surface area (TPSA) is 160 Å². The molecule has 0 aliphatic heterocycles. The molecule has 0 bridgehead atoms. The Balaban J connectivity index is 0.000000550. The Morgan fingerprint density at radius 2 is 1.63 bits per heavy atom. The van der Waals surface area contributed by atoms with Gasteiger partial charge in [-0.3, -0.25) is 4.79 Å². The molecule has 0 saturated heterocycles. The van der Waals surface area contributed by atoms with Crippen molar-refractivity contribution < 1.29 is 40.5 Å². The second-order valence-corrected chi connectivity index (χ2v) is 9.13. The summed E-state index contributed by atoms with van der Waals surface area (Å²) in [5.41, 5.74) is 6.76. The zero-order chi connectivity index (χ0) is 28.1. The highest BCUT2D eigenvalue weighted by Crippen LogP contribution is 2.13. The minimum Gasteiger partial charge on any atom is -0.547 e. The van der Waals surface area contributed by atoms with E-state index in [4.69, 9.17) is 20.1 Å². The lowest BCUT2D eigenvalue weighted by Crippen LogP contribution is -2.78. The van der Waals surface area contributed by atoms with Crippen LogP contribution in [0.5, 0.6) is 0 Å². The fraction of sp³-hybridized carbons (Fsp3) is 0.310. The summed E-state index contributed by atoms with van der Waals surface area (Å²) in [5.74, 6) is -1.22. The number of allylic oxidation sites excluding steroid dienone is 1. The van der Waals surface area contributed by atoms with E-state index in [1.807, 2.05) is 90.5 Å². The molecule has 1 atom stereocenters. The number of aliphatic carboxylic acids is 1. The van der Waals surface area contributed by atoms with Crippen LogP contribution in [0.3, 0.4) is 0 Å². The largest absolute Gasteiger partial charge is 0.547 e. The van der Waals surface area contributed by atoms with Gasteiger partial charge in [0.05, 0.1) is 24.4 Å². The van der Waals surface area contributed by atoms with Crippen LogP contribution in [0, 0.1) is 6.92 Å². The quantitative estimate of drug-likeness (QED) is 0.249. The second-order valence-electron chi connectivity index (χ2n) is 9.13. The lowest BCUT2D eigenvalue weighted by Gasteiger charge is -2.16. The molecule has 0 amide bonds. The highest BCUT2D eigenvalue weighted by atomic mass is 16.5. The molecule has 1 aromatic heterocycles. The van der Waals surface area contributed by atoms with Crippen LogP contribution in [-0.2, 0) is 22.7 Å². The van der Waals surface area contributed by atoms with Crippen molar-refractivity contribution in [1.82, 2.24) is 4.57 Å². The van der Waals surface area contributed by atoms with Crippen LogP contribution in [0.25, 0.3) is 6.08 Å². The summed E-state index contributed by atoms with van der Waals surface area (Å²) in [6.07, 6.45) is 4.93. The first-order valence-electron chi connectivity index (χ1n) is 12.1. The minimum absolute atomic E-state index is 0.00328. The van der Waals surface area contributed by atoms with E-state index >= 15 is 0 Å². The van der Waals surface area contributed by atoms with Gasteiger partial charge in [0, 0.05) is 18.3 Å². The Hall–Kier alpha value is -3.60. The first kappa shape index (κ1) is 30.6. The van der Waals surface area contributed by atoms with E-state index in [2.05, 4.69) is 5.73 Å². The van der Waals surface area contributed by atoms with E-state index in [0.29, 0.717) is 17.8 Å². The molecule has 9 nitrogen and oxygen atoms in total. The average molecular weight is 525 g/mol. The number of carboxylic acid groups (broad SMARTS) is 1. The molecular formula is C29H36N2O7. The van der Waals surface area contributed by atoms with Gasteiger partial charge < -0.3 is 40.3 Å². The van der Waals surface area contributed by atoms with Gasteiger partial charge in [0.15, 0.2) is 5.54 Å². The van der Waals surface area contributed by atoms with Gasteiger partial charge in [-0.2, -0.15) is 0 Å². The van der Waals surface area contributed by atoms with Gasteiger partial charge in [-0.25, -0.2) is 0 Å². The molecule has 3 aromatic rings. The predicted octanol–water partition coefficient (Wildman–Crippen LogP) is 0.340. The van der Waals surface area contributed by atoms with E-state index in [-0.39, 0.29) is 32.2 Å². The van der Waals surface area contributed by atoms with E-state index in [1.165, 1.54) is 6.92 Å². The van der Waals surface area contributed by atoms with Crippen LogP contribution in [0.4, 0.5) is 0 Å². The number of aromatic nitrogens is 1. The Morgan fingerprint density at radius 3 is 2.16 bits per heavy atom. The molecule has 0 unspecified atom stereocenters. The summed E-state index contributed by atoms with van der Waals surface area (Å²) < 4.78 is 7.14. The van der Waals surface area contributed by atoms with Crippen LogP contribution in [-0.4, -0.2) is 63.1 Å². The number of carbonyl (C=O) groups is 2. The van der Waals surface area contributed by atoms with Gasteiger partial charge in [-0.1, -0.05) is 66.2 Å². The first-order valence-corrected chi connectivity index (χ1v) is 12.1. The summed E-state index contributed by atoms with van der Waals surface area (Å²) in [6, 6.07) is 18.9. The van der Waals surface area contributed by atoms with Crippen molar-refractivity contribution in [2.24, 2.45) is 0 Å². The van der Waals surface area contributed by atoms with Crippen molar-refractivity contribution in [2.45, 2.75) is 38.6 Å². The fourth-order valence-corrected chi connectivity index (χ4v) is 3.10. The third kappa shape index (κ3) is 9.37. The number of hydrogen-bond acceptors (Lipinski definition) is 7. The summed E-state index contributed by atoms with van der Waals surface area (Å²) in [7, 11) is 0. The van der Waals surface area contributed by atoms with Gasteiger partial charge in [-0.05, 0) is 37.1 Å². The second kappa shape index (κ2) is 15.0. The zero-order valence-corrected chi connectivity index (χ0v) is 21.7. The maximum absolute atomic E-state index is 12.8. The van der Waals surface area contributed by atoms with Crippen LogP contribution >= 0.6 is 0 Å². The van der Waals surface area contributed by atoms with Crippen molar-refractivity contribution >= 4 is 17.8 Å². The number of aliphatic hydroxyl groups is 3. The standard InChI is InChI=1S/C25H25NO4.C4H11NO3/c1-18-7-13-22(14-8-18)24(27)23-6-4-16-26(23)15-3-5-20-9-11-21(12-10-20)17-30-19(2)25(28)29;5-4(1-6,2-7)3-8/h3-14,16,19H,15,17H2,1-2H3,(H,28,29);6-8H,1-3,5H2/b5-3+;/t19-;/m0./s1. The lowest BCUT2D eigenvalue weighted by atomic mass is 10.1. The van der Waals surface area contributed by atoms with E-state index in [9.17, 15) is 14.7 Å². The molecule has 0 saturated carbocycles. The third-order valence-electron chi connectivity index (χ3n) is 5.81. The van der Waals surface area contributed by atoms with Crippen LogP contribution in [0.15, 0.2) is 72.9 Å². The number of ether oxygens (including phenoxy) is 1. The Kier molecular flexibility index (Phi) is 12.1. The maximum atomic E-state index is 12.8. The van der Waals surface area contributed by atoms with Crippen LogP contribution < -0.4 is 10.8 Å². The summed E-state index contributed by atoms with van der Waals surface area (Å²) in [6.45, 7) is 3.36. The predicted molar refractivity (Wildman–Crippen MR) is 141 cm³/mol. The molecule has 38 heavy (non-hydrogen) atoms. The number of ketones is 1. The van der Waals surface area contributed by atoms with Gasteiger partial charge in [0.25, 0.3) is 0 Å². The van der Waals surface area contributed by atoms with E-state index in [1.54, 1.807) is 0 Å². The maximum Gasteiger partial charge on any atom is 0.209 e. The molecule has 0 aliphatic carbocycles. The molecule has 0 radical (unpaired) electrons. The summed E-state index contributed by atoms with van der Waals surface area (Å²) in [4.78, 5) is 23.4. The average Bonchev–Trinajstić information content (AvgIpc) is 3.40. The number of nitrogens with zero attached hydrogens (tertiary/aromatic N) is 1. The van der Waals surface area contributed by atoms with E-state index in [0.717, 1.165) is 16.7 Å². The first-order chi connectivity index (χ1) is 18.1. The molecule has 0 aliphatic rings. The minimum atomic E-state index is -1.22. The number of benzene rings is 2. The number of aryl methyl sites for hydroxylation is 1. The van der Waals surface area contributed by atoms with Crippen LogP contribution in [0.1, 0.15) is 39.7 Å². The van der Waals surface area contributed by atoms with Crippen molar-refractivity contribution in [3.05, 3.63) is 101 Å². The number of aliphatic hydroxyl groups excluding tert-OH is 3. The molecule has 3 rings (SSSR count). The van der Waals surface area contributed by atoms with Crippen molar-refractivity contribution in [2.75, 3.05) is 19.8 Å². The third-order valence-corrected chi connectivity index (χ3v) is 5.81. The highest BCUT2D eigenvalue weighted by molar-refractivity contribution is 6.08. The Bertz CT molecular complexity index is 1170. The monoisotopic (exact) mass is 524 g/mol. The number of carbonyl (C=O) groups excluding carboxylic acids is 2. The molecule has 6 N–H and O–H groups in total. The van der Waals surface area contributed by atoms with E-state index < -0.39 is 17.6 Å². The number of quaternary nitrogens is 1. The van der Waals surface area contributed by atoms with Crippen molar-refractivity contribution in [3.63, 3.8) is 0 Å². The summed E-state index contributed by atoms with van der Waals surface area (Å²) in [5, 5.41) is 35.9. The molecule has 1 heterocycles. The SMILES string of the molecule is Cc1ccc(C(=O)c2cccn2C/C=C/c2ccc(CO[C@@H](C)C(=O)[O-])cc2)cc1.[NH3+]C(CO)(CO)CO. The van der Waals surface area contributed by atoms with Crippen molar-refractivity contribution in [1.29, 1.82) is 0 Å². The number of hydrogen-bond donors (Lipinski definition) is 4. The highest BCUT2D eigenvalue weighted by Gasteiger charge is 2.25. The zero-order valence-electron chi connectivity index (χ0n) is 21.7. The fourth-order valence-electron chi connectivity index (χ4n) is 3.10. The van der Waals surface area contributed by atoms with Gasteiger partial charge in [-0.15, -0.1) is 0 Å². The van der Waals surface area contributed by atoms with Crippen molar-refractivity contribution in [3.8, 4) is 0 Å².